The lowest BCUT2D eigenvalue weighted by Crippen LogP contribution is -2.02. The predicted molar refractivity (Wildman–Crippen MR) is 75.3 cm³/mol. The van der Waals surface area contributed by atoms with Gasteiger partial charge in [0.25, 0.3) is 0 Å². The van der Waals surface area contributed by atoms with Crippen LogP contribution in [0, 0.1) is 13.8 Å². The fourth-order valence-corrected chi connectivity index (χ4v) is 2.10. The van der Waals surface area contributed by atoms with Crippen LogP contribution in [0.3, 0.4) is 0 Å². The van der Waals surface area contributed by atoms with Crippen molar-refractivity contribution in [2.45, 2.75) is 39.7 Å². The smallest absolute Gasteiger partial charge is 0.122 e. The molecule has 0 bridgehead atoms. The molecule has 0 saturated carbocycles. The van der Waals surface area contributed by atoms with Crippen molar-refractivity contribution >= 4 is 0 Å². The maximum Gasteiger partial charge on any atom is 0.122 e. The number of benzene rings is 1. The van der Waals surface area contributed by atoms with Gasteiger partial charge < -0.3 is 9.84 Å². The Bertz CT molecular complexity index is 468. The van der Waals surface area contributed by atoms with Crippen molar-refractivity contribution in [1.82, 2.24) is 0 Å². The van der Waals surface area contributed by atoms with Crippen LogP contribution in [0.25, 0.3) is 10.4 Å². The first-order chi connectivity index (χ1) is 9.13. The second kappa shape index (κ2) is 7.67. The number of aryl methyl sites for hydroxylation is 2. The topological polar surface area (TPSA) is 78.2 Å². The Kier molecular flexibility index (Phi) is 6.19. The van der Waals surface area contributed by atoms with Crippen molar-refractivity contribution in [3.8, 4) is 5.75 Å². The number of azide groups is 1. The van der Waals surface area contributed by atoms with Crippen molar-refractivity contribution in [3.63, 3.8) is 0 Å². The summed E-state index contributed by atoms with van der Waals surface area (Å²) in [5, 5.41) is 12.8. The highest BCUT2D eigenvalue weighted by Gasteiger charge is 2.14. The predicted octanol–water partition coefficient (Wildman–Crippen LogP) is 3.83. The van der Waals surface area contributed by atoms with Crippen molar-refractivity contribution < 1.29 is 9.84 Å². The highest BCUT2D eigenvalue weighted by molar-refractivity contribution is 5.43. The van der Waals surface area contributed by atoms with Crippen LogP contribution < -0.4 is 4.74 Å². The summed E-state index contributed by atoms with van der Waals surface area (Å²) in [5.41, 5.74) is 11.8. The zero-order valence-corrected chi connectivity index (χ0v) is 11.8. The van der Waals surface area contributed by atoms with E-state index < -0.39 is 0 Å². The molecule has 5 nitrogen and oxygen atoms in total. The Hall–Kier alpha value is -1.71. The minimum absolute atomic E-state index is 0.104. The molecule has 0 saturated heterocycles. The summed E-state index contributed by atoms with van der Waals surface area (Å²) >= 11 is 0. The molecule has 1 aromatic rings. The van der Waals surface area contributed by atoms with E-state index in [9.17, 15) is 0 Å². The summed E-state index contributed by atoms with van der Waals surface area (Å²) in [5.74, 6) is 0.866. The molecule has 1 rings (SSSR count). The molecule has 0 spiro atoms. The number of hydrogen-bond donors (Lipinski definition) is 1. The Morgan fingerprint density at radius 3 is 2.68 bits per heavy atom. The average molecular weight is 263 g/mol. The SMILES string of the molecule is CCOc1cc(C)c(C(CCCO)N=[N+]=[N-])cc1C. The summed E-state index contributed by atoms with van der Waals surface area (Å²) in [6, 6.07) is 3.76. The molecule has 1 atom stereocenters. The van der Waals surface area contributed by atoms with Crippen LogP contribution in [-0.4, -0.2) is 18.3 Å². The Morgan fingerprint density at radius 1 is 1.37 bits per heavy atom. The molecule has 104 valence electrons. The highest BCUT2D eigenvalue weighted by Crippen LogP contribution is 2.31. The van der Waals surface area contributed by atoms with E-state index in [0.717, 1.165) is 22.4 Å². The molecule has 0 fully saturated rings. The fraction of sp³-hybridized carbons (Fsp3) is 0.571. The van der Waals surface area contributed by atoms with Crippen LogP contribution in [-0.2, 0) is 0 Å². The van der Waals surface area contributed by atoms with Gasteiger partial charge in [0.1, 0.15) is 5.75 Å². The van der Waals surface area contributed by atoms with E-state index in [2.05, 4.69) is 10.0 Å². The van der Waals surface area contributed by atoms with E-state index in [4.69, 9.17) is 15.4 Å². The monoisotopic (exact) mass is 263 g/mol. The number of ether oxygens (including phenoxy) is 1. The second-order valence-electron chi connectivity index (χ2n) is 4.49. The van der Waals surface area contributed by atoms with Crippen LogP contribution in [0.5, 0.6) is 5.75 Å². The quantitative estimate of drug-likeness (QED) is 0.461. The normalized spacial score (nSPS) is 11.8. The zero-order valence-electron chi connectivity index (χ0n) is 11.8. The third kappa shape index (κ3) is 4.16. The van der Waals surface area contributed by atoms with Crippen LogP contribution in [0.4, 0.5) is 0 Å². The number of aliphatic hydroxyl groups is 1. The number of rotatable bonds is 7. The summed E-state index contributed by atoms with van der Waals surface area (Å²) < 4.78 is 5.55. The van der Waals surface area contributed by atoms with Gasteiger partial charge >= 0.3 is 0 Å². The molecule has 0 amide bonds. The standard InChI is InChI=1S/C14H21N3O2/c1-4-19-14-9-10(2)12(8-11(14)3)13(16-17-15)6-5-7-18/h8-9,13,18H,4-7H2,1-3H3. The first-order valence-electron chi connectivity index (χ1n) is 6.53. The summed E-state index contributed by atoms with van der Waals surface area (Å²) in [7, 11) is 0. The molecule has 1 N–H and O–H groups in total. The first kappa shape index (κ1) is 15.3. The van der Waals surface area contributed by atoms with E-state index >= 15 is 0 Å². The van der Waals surface area contributed by atoms with Gasteiger partial charge in [-0.25, -0.2) is 0 Å². The maximum absolute atomic E-state index is 8.91. The van der Waals surface area contributed by atoms with E-state index in [-0.39, 0.29) is 12.6 Å². The number of aliphatic hydroxyl groups excluding tert-OH is 1. The molecule has 5 heteroatoms. The lowest BCUT2D eigenvalue weighted by Gasteiger charge is -2.17. The van der Waals surface area contributed by atoms with E-state index in [1.54, 1.807) is 0 Å². The third-order valence-corrected chi connectivity index (χ3v) is 3.05. The molecule has 0 aliphatic rings. The second-order valence-corrected chi connectivity index (χ2v) is 4.49. The van der Waals surface area contributed by atoms with Gasteiger partial charge in [0.05, 0.1) is 12.6 Å². The highest BCUT2D eigenvalue weighted by atomic mass is 16.5. The van der Waals surface area contributed by atoms with Crippen LogP contribution >= 0.6 is 0 Å². The molecule has 0 aromatic heterocycles. The van der Waals surface area contributed by atoms with Crippen LogP contribution in [0.15, 0.2) is 17.2 Å². The number of hydrogen-bond acceptors (Lipinski definition) is 3. The third-order valence-electron chi connectivity index (χ3n) is 3.05. The van der Waals surface area contributed by atoms with Gasteiger partial charge in [-0.15, -0.1) is 0 Å². The van der Waals surface area contributed by atoms with Crippen molar-refractivity contribution in [3.05, 3.63) is 39.3 Å². The molecular weight excluding hydrogens is 242 g/mol. The van der Waals surface area contributed by atoms with E-state index in [1.807, 2.05) is 32.9 Å². The maximum atomic E-state index is 8.91. The van der Waals surface area contributed by atoms with Crippen molar-refractivity contribution in [1.29, 1.82) is 0 Å². The molecule has 0 aliphatic carbocycles. The van der Waals surface area contributed by atoms with Gasteiger partial charge in [0.2, 0.25) is 0 Å². The van der Waals surface area contributed by atoms with Gasteiger partial charge in [-0.1, -0.05) is 11.2 Å². The van der Waals surface area contributed by atoms with E-state index in [1.165, 1.54) is 0 Å². The Balaban J connectivity index is 3.09. The Morgan fingerprint density at radius 2 is 2.11 bits per heavy atom. The largest absolute Gasteiger partial charge is 0.494 e. The van der Waals surface area contributed by atoms with Crippen molar-refractivity contribution in [2.24, 2.45) is 5.11 Å². The molecule has 19 heavy (non-hydrogen) atoms. The van der Waals surface area contributed by atoms with Crippen LogP contribution in [0.1, 0.15) is 42.5 Å². The summed E-state index contributed by atoms with van der Waals surface area (Å²) in [6.07, 6.45) is 1.27. The van der Waals surface area contributed by atoms with Crippen molar-refractivity contribution in [2.75, 3.05) is 13.2 Å². The molecule has 0 heterocycles. The molecule has 1 aromatic carbocycles. The molecule has 1 unspecified atom stereocenters. The minimum atomic E-state index is -0.230. The first-order valence-corrected chi connectivity index (χ1v) is 6.53. The van der Waals surface area contributed by atoms with Gasteiger partial charge in [0, 0.05) is 11.5 Å². The summed E-state index contributed by atoms with van der Waals surface area (Å²) in [4.78, 5) is 2.91. The van der Waals surface area contributed by atoms with Gasteiger partial charge in [-0.05, 0) is 61.9 Å². The Labute approximate surface area is 113 Å². The molecule has 0 aliphatic heterocycles. The molecular formula is C14H21N3O2. The lowest BCUT2D eigenvalue weighted by atomic mass is 9.96. The molecule has 0 radical (unpaired) electrons. The van der Waals surface area contributed by atoms with Gasteiger partial charge in [0.15, 0.2) is 0 Å². The minimum Gasteiger partial charge on any atom is -0.494 e. The average Bonchev–Trinajstić information content (AvgIpc) is 2.39. The van der Waals surface area contributed by atoms with E-state index in [0.29, 0.717) is 19.4 Å². The summed E-state index contributed by atoms with van der Waals surface area (Å²) in [6.45, 7) is 6.65. The zero-order chi connectivity index (χ0) is 14.3. The number of nitrogens with zero attached hydrogens (tertiary/aromatic N) is 3. The lowest BCUT2D eigenvalue weighted by molar-refractivity contribution is 0.280. The van der Waals surface area contributed by atoms with Gasteiger partial charge in [-0.3, -0.25) is 0 Å². The van der Waals surface area contributed by atoms with Crippen LogP contribution in [0.2, 0.25) is 0 Å². The van der Waals surface area contributed by atoms with Gasteiger partial charge in [-0.2, -0.15) is 0 Å². The fourth-order valence-electron chi connectivity index (χ4n) is 2.10.